The Balaban J connectivity index is 3.18. The molecule has 0 aliphatic rings. The number of rotatable bonds is 23. The van der Waals surface area contributed by atoms with Crippen molar-refractivity contribution in [2.45, 2.75) is 103 Å². The van der Waals surface area contributed by atoms with Gasteiger partial charge in [0, 0.05) is 20.3 Å². The lowest BCUT2D eigenvalue weighted by atomic mass is 10.0. The number of ether oxygens (including phenoxy) is 1. The van der Waals surface area contributed by atoms with Gasteiger partial charge >= 0.3 is 7.60 Å². The normalized spacial score (nSPS) is 13.5. The molecule has 0 unspecified atom stereocenters. The van der Waals surface area contributed by atoms with E-state index in [4.69, 9.17) is 13.8 Å². The Hall–Kier alpha value is -0.150. The van der Waals surface area contributed by atoms with E-state index in [-0.39, 0.29) is 6.16 Å². The summed E-state index contributed by atoms with van der Waals surface area (Å²) in [6, 6.07) is 0. The van der Waals surface area contributed by atoms with E-state index in [0.29, 0.717) is 13.2 Å². The predicted octanol–water partition coefficient (Wildman–Crippen LogP) is 7.92. The summed E-state index contributed by atoms with van der Waals surface area (Å²) in [5, 5.41) is 0. The molecule has 1 atom stereocenters. The van der Waals surface area contributed by atoms with Crippen LogP contribution in [0.3, 0.4) is 0 Å². The van der Waals surface area contributed by atoms with Gasteiger partial charge in [-0.05, 0) is 12.8 Å². The van der Waals surface area contributed by atoms with Crippen LogP contribution in [0.5, 0.6) is 0 Å². The van der Waals surface area contributed by atoms with Gasteiger partial charge < -0.3 is 13.8 Å². The minimum atomic E-state index is -2.97. The molecule has 0 saturated heterocycles. The molecule has 168 valence electrons. The largest absolute Gasteiger partial charge is 0.381 e. The molecule has 0 spiro atoms. The predicted molar refractivity (Wildman–Crippen MR) is 121 cm³/mol. The molecular weight excluding hydrogens is 371 g/mol. The first-order valence-corrected chi connectivity index (χ1v) is 13.4. The van der Waals surface area contributed by atoms with Crippen molar-refractivity contribution in [3.05, 3.63) is 12.7 Å². The van der Waals surface area contributed by atoms with Crippen molar-refractivity contribution in [3.8, 4) is 0 Å². The topological polar surface area (TPSA) is 44.8 Å². The standard InChI is InChI=1S/C23H47O4P/c1-4-6-7-8-9-10-11-12-13-14-15-16-17-18-20-26-21-19-22-27-28(24,25-3)23-5-2/h5H,2,4,6-23H2,1,3H3/t28-/m0/s1. The zero-order valence-electron chi connectivity index (χ0n) is 18.8. The molecular formula is C23H47O4P. The average Bonchev–Trinajstić information content (AvgIpc) is 2.70. The Morgan fingerprint density at radius 3 is 1.64 bits per heavy atom. The van der Waals surface area contributed by atoms with Crippen molar-refractivity contribution < 1.29 is 18.3 Å². The lowest BCUT2D eigenvalue weighted by Crippen LogP contribution is -2.03. The second-order valence-electron chi connectivity index (χ2n) is 7.66. The smallest absolute Gasteiger partial charge is 0.334 e. The molecule has 0 aliphatic carbocycles. The first kappa shape index (κ1) is 27.8. The summed E-state index contributed by atoms with van der Waals surface area (Å²) in [6.07, 6.45) is 21.8. The number of unbranched alkanes of at least 4 members (excludes halogenated alkanes) is 13. The van der Waals surface area contributed by atoms with E-state index in [1.807, 2.05) is 0 Å². The second kappa shape index (κ2) is 21.6. The Labute approximate surface area is 175 Å². The molecule has 0 bridgehead atoms. The van der Waals surface area contributed by atoms with Crippen LogP contribution in [0.4, 0.5) is 0 Å². The summed E-state index contributed by atoms with van der Waals surface area (Å²) >= 11 is 0. The summed E-state index contributed by atoms with van der Waals surface area (Å²) in [4.78, 5) is 0. The Morgan fingerprint density at radius 1 is 0.714 bits per heavy atom. The highest BCUT2D eigenvalue weighted by Crippen LogP contribution is 2.47. The van der Waals surface area contributed by atoms with Crippen molar-refractivity contribution in [3.63, 3.8) is 0 Å². The summed E-state index contributed by atoms with van der Waals surface area (Å²) in [5.41, 5.74) is 0. The van der Waals surface area contributed by atoms with Crippen molar-refractivity contribution in [2.24, 2.45) is 0 Å². The third kappa shape index (κ3) is 19.2. The molecule has 0 radical (unpaired) electrons. The summed E-state index contributed by atoms with van der Waals surface area (Å²) < 4.78 is 27.9. The van der Waals surface area contributed by atoms with Gasteiger partial charge in [-0.25, -0.2) is 0 Å². The Bertz CT molecular complexity index is 374. The van der Waals surface area contributed by atoms with E-state index in [2.05, 4.69) is 13.5 Å². The number of hydrogen-bond donors (Lipinski definition) is 0. The third-order valence-corrected chi connectivity index (χ3v) is 6.83. The van der Waals surface area contributed by atoms with Crippen LogP contribution < -0.4 is 0 Å². The summed E-state index contributed by atoms with van der Waals surface area (Å²) in [5.74, 6) is 0. The van der Waals surface area contributed by atoms with Gasteiger partial charge in [0.05, 0.1) is 12.8 Å². The fraction of sp³-hybridized carbons (Fsp3) is 0.913. The molecule has 4 nitrogen and oxygen atoms in total. The SMILES string of the molecule is C=CC[P@](=O)(OC)OCCCOCCCCCCCCCCCCCCCC. The van der Waals surface area contributed by atoms with Crippen LogP contribution in [0, 0.1) is 0 Å². The van der Waals surface area contributed by atoms with E-state index in [1.54, 1.807) is 6.08 Å². The van der Waals surface area contributed by atoms with Gasteiger partial charge in [0.25, 0.3) is 0 Å². The van der Waals surface area contributed by atoms with Gasteiger partial charge in [-0.15, -0.1) is 6.58 Å². The molecule has 0 aliphatic heterocycles. The highest BCUT2D eigenvalue weighted by Gasteiger charge is 2.19. The van der Waals surface area contributed by atoms with Gasteiger partial charge in [-0.3, -0.25) is 4.57 Å². The van der Waals surface area contributed by atoms with Crippen LogP contribution >= 0.6 is 7.60 Å². The highest BCUT2D eigenvalue weighted by molar-refractivity contribution is 7.54. The molecule has 0 saturated carbocycles. The molecule has 0 rings (SSSR count). The lowest BCUT2D eigenvalue weighted by Gasteiger charge is -2.14. The van der Waals surface area contributed by atoms with Crippen molar-refractivity contribution in [2.75, 3.05) is 33.1 Å². The molecule has 0 fully saturated rings. The molecule has 0 N–H and O–H groups in total. The monoisotopic (exact) mass is 418 g/mol. The maximum atomic E-state index is 12.0. The minimum Gasteiger partial charge on any atom is -0.381 e. The van der Waals surface area contributed by atoms with Crippen molar-refractivity contribution >= 4 is 7.60 Å². The van der Waals surface area contributed by atoms with Gasteiger partial charge in [0.2, 0.25) is 0 Å². The maximum absolute atomic E-state index is 12.0. The number of allylic oxidation sites excluding steroid dienone is 1. The quantitative estimate of drug-likeness (QED) is 0.0960. The van der Waals surface area contributed by atoms with Crippen molar-refractivity contribution in [1.82, 2.24) is 0 Å². The molecule has 0 aromatic carbocycles. The fourth-order valence-electron chi connectivity index (χ4n) is 3.20. The van der Waals surface area contributed by atoms with Gasteiger partial charge in [-0.2, -0.15) is 0 Å². The van der Waals surface area contributed by atoms with Crippen LogP contribution in [0.25, 0.3) is 0 Å². The molecule has 5 heteroatoms. The Kier molecular flexibility index (Phi) is 21.4. The highest BCUT2D eigenvalue weighted by atomic mass is 31.2. The maximum Gasteiger partial charge on any atom is 0.334 e. The fourth-order valence-corrected chi connectivity index (χ4v) is 4.29. The van der Waals surface area contributed by atoms with Crippen LogP contribution in [0.15, 0.2) is 12.7 Å². The van der Waals surface area contributed by atoms with Crippen LogP contribution in [-0.2, 0) is 18.3 Å². The minimum absolute atomic E-state index is 0.253. The molecule has 0 heterocycles. The lowest BCUT2D eigenvalue weighted by molar-refractivity contribution is 0.112. The van der Waals surface area contributed by atoms with Crippen LogP contribution in [0.1, 0.15) is 103 Å². The van der Waals surface area contributed by atoms with Gasteiger partial charge in [0.1, 0.15) is 0 Å². The van der Waals surface area contributed by atoms with E-state index in [1.165, 1.54) is 90.6 Å². The second-order valence-corrected chi connectivity index (χ2v) is 9.87. The zero-order valence-corrected chi connectivity index (χ0v) is 19.7. The zero-order chi connectivity index (χ0) is 20.8. The van der Waals surface area contributed by atoms with E-state index < -0.39 is 7.60 Å². The number of hydrogen-bond acceptors (Lipinski definition) is 4. The van der Waals surface area contributed by atoms with Gasteiger partial charge in [0.15, 0.2) is 0 Å². The summed E-state index contributed by atoms with van der Waals surface area (Å²) in [7, 11) is -1.55. The van der Waals surface area contributed by atoms with Crippen molar-refractivity contribution in [1.29, 1.82) is 0 Å². The first-order chi connectivity index (χ1) is 13.7. The third-order valence-electron chi connectivity index (χ3n) is 4.99. The van der Waals surface area contributed by atoms with Crippen LogP contribution in [-0.4, -0.2) is 33.1 Å². The molecule has 0 amide bonds. The molecule has 0 aromatic rings. The van der Waals surface area contributed by atoms with E-state index >= 15 is 0 Å². The molecule has 28 heavy (non-hydrogen) atoms. The average molecular weight is 419 g/mol. The molecule has 0 aromatic heterocycles. The first-order valence-electron chi connectivity index (χ1n) is 11.7. The van der Waals surface area contributed by atoms with Gasteiger partial charge in [-0.1, -0.05) is 96.5 Å². The van der Waals surface area contributed by atoms with E-state index in [0.717, 1.165) is 19.4 Å². The van der Waals surface area contributed by atoms with Crippen LogP contribution in [0.2, 0.25) is 0 Å². The summed E-state index contributed by atoms with van der Waals surface area (Å²) in [6.45, 7) is 7.71. The Morgan fingerprint density at radius 2 is 1.18 bits per heavy atom. The van der Waals surface area contributed by atoms with E-state index in [9.17, 15) is 4.57 Å².